The zero-order valence-electron chi connectivity index (χ0n) is 21.2. The number of nitrogens with one attached hydrogen (secondary N) is 3. The first kappa shape index (κ1) is 24.9. The molecule has 0 bridgehead atoms. The quantitative estimate of drug-likeness (QED) is 0.277. The van der Waals surface area contributed by atoms with Crippen molar-refractivity contribution in [3.05, 3.63) is 89.1 Å². The van der Waals surface area contributed by atoms with Gasteiger partial charge in [-0.15, -0.1) is 0 Å². The molecule has 1 saturated heterocycles. The summed E-state index contributed by atoms with van der Waals surface area (Å²) in [5.74, 6) is 0.0596. The SMILES string of the molecule is O=C1Cc2cnc(Nc3ccc(C(=O)Nc4ccc(N5CCCCC5)cc4)cc3)nc2-c2ccc(Cl)cc2N1. The Hall–Kier alpha value is -4.43. The summed E-state index contributed by atoms with van der Waals surface area (Å²) in [4.78, 5) is 36.6. The highest BCUT2D eigenvalue weighted by molar-refractivity contribution is 6.31. The standard InChI is InChI=1S/C30H27ClN6O2/c31-21-6-13-25-26(17-21)35-27(38)16-20-18-32-30(36-28(20)25)34-23-7-4-19(5-8-23)29(39)33-22-9-11-24(12-10-22)37-14-2-1-3-15-37/h4-13,17-18H,1-3,14-16H2,(H,33,39)(H,35,38)(H,32,34,36). The number of hydrogen-bond acceptors (Lipinski definition) is 6. The van der Waals surface area contributed by atoms with Crippen LogP contribution >= 0.6 is 11.6 Å². The second kappa shape index (κ2) is 10.7. The van der Waals surface area contributed by atoms with Gasteiger partial charge in [0.05, 0.1) is 17.8 Å². The third-order valence-electron chi connectivity index (χ3n) is 6.98. The first-order valence-corrected chi connectivity index (χ1v) is 13.4. The molecule has 0 spiro atoms. The number of carbonyl (C=O) groups is 2. The highest BCUT2D eigenvalue weighted by Gasteiger charge is 2.21. The molecule has 0 aliphatic carbocycles. The molecule has 3 aromatic carbocycles. The van der Waals surface area contributed by atoms with E-state index in [0.29, 0.717) is 27.9 Å². The molecule has 0 atom stereocenters. The maximum atomic E-state index is 12.8. The zero-order valence-corrected chi connectivity index (χ0v) is 22.0. The van der Waals surface area contributed by atoms with Crippen molar-refractivity contribution in [2.45, 2.75) is 25.7 Å². The van der Waals surface area contributed by atoms with Crippen molar-refractivity contribution in [1.29, 1.82) is 0 Å². The molecule has 2 aliphatic rings. The number of benzene rings is 3. The molecule has 3 N–H and O–H groups in total. The number of halogens is 1. The number of nitrogens with zero attached hydrogens (tertiary/aromatic N) is 3. The molecule has 4 aromatic rings. The van der Waals surface area contributed by atoms with Crippen molar-refractivity contribution in [3.8, 4) is 11.3 Å². The second-order valence-corrected chi connectivity index (χ2v) is 10.2. The summed E-state index contributed by atoms with van der Waals surface area (Å²) in [6.07, 6.45) is 5.58. The van der Waals surface area contributed by atoms with E-state index in [9.17, 15) is 9.59 Å². The van der Waals surface area contributed by atoms with E-state index in [0.717, 1.165) is 35.6 Å². The number of anilines is 5. The number of amides is 2. The van der Waals surface area contributed by atoms with Gasteiger partial charge in [0.25, 0.3) is 5.91 Å². The van der Waals surface area contributed by atoms with E-state index in [1.54, 1.807) is 30.5 Å². The van der Waals surface area contributed by atoms with Crippen LogP contribution in [0.3, 0.4) is 0 Å². The number of rotatable bonds is 5. The van der Waals surface area contributed by atoms with Crippen LogP contribution in [-0.4, -0.2) is 34.9 Å². The van der Waals surface area contributed by atoms with Gasteiger partial charge in [0.15, 0.2) is 0 Å². The topological polar surface area (TPSA) is 99.2 Å². The van der Waals surface area contributed by atoms with Crippen LogP contribution in [-0.2, 0) is 11.2 Å². The smallest absolute Gasteiger partial charge is 0.255 e. The lowest BCUT2D eigenvalue weighted by atomic mass is 10.1. The highest BCUT2D eigenvalue weighted by atomic mass is 35.5. The number of fused-ring (bicyclic) bond motifs is 3. The number of carbonyl (C=O) groups excluding carboxylic acids is 2. The molecular formula is C30H27ClN6O2. The zero-order chi connectivity index (χ0) is 26.8. The summed E-state index contributed by atoms with van der Waals surface area (Å²) < 4.78 is 0. The normalized spacial score (nSPS) is 14.5. The second-order valence-electron chi connectivity index (χ2n) is 9.73. The molecule has 0 radical (unpaired) electrons. The third kappa shape index (κ3) is 5.56. The van der Waals surface area contributed by atoms with Gasteiger partial charge < -0.3 is 20.9 Å². The molecule has 0 unspecified atom stereocenters. The van der Waals surface area contributed by atoms with Crippen molar-refractivity contribution >= 4 is 52.1 Å². The summed E-state index contributed by atoms with van der Waals surface area (Å²) in [6.45, 7) is 2.17. The van der Waals surface area contributed by atoms with E-state index < -0.39 is 0 Å². The van der Waals surface area contributed by atoms with Crippen LogP contribution < -0.4 is 20.9 Å². The monoisotopic (exact) mass is 538 g/mol. The number of piperidine rings is 1. The third-order valence-corrected chi connectivity index (χ3v) is 7.21. The minimum Gasteiger partial charge on any atom is -0.372 e. The minimum absolute atomic E-state index is 0.145. The van der Waals surface area contributed by atoms with Crippen LogP contribution in [0.15, 0.2) is 72.9 Å². The minimum atomic E-state index is -0.180. The van der Waals surface area contributed by atoms with Crippen molar-refractivity contribution < 1.29 is 9.59 Å². The maximum absolute atomic E-state index is 12.8. The predicted octanol–water partition coefficient (Wildman–Crippen LogP) is 6.28. The fourth-order valence-corrected chi connectivity index (χ4v) is 5.14. The molecule has 9 heteroatoms. The van der Waals surface area contributed by atoms with E-state index in [2.05, 4.69) is 43.0 Å². The van der Waals surface area contributed by atoms with Crippen molar-refractivity contribution in [1.82, 2.24) is 9.97 Å². The van der Waals surface area contributed by atoms with Crippen molar-refractivity contribution in [2.75, 3.05) is 33.9 Å². The molecule has 2 aliphatic heterocycles. The van der Waals surface area contributed by atoms with E-state index >= 15 is 0 Å². The molecule has 3 heterocycles. The van der Waals surface area contributed by atoms with Gasteiger partial charge in [-0.25, -0.2) is 9.97 Å². The molecule has 8 nitrogen and oxygen atoms in total. The van der Waals surface area contributed by atoms with Gasteiger partial charge >= 0.3 is 0 Å². The molecule has 1 aromatic heterocycles. The Morgan fingerprint density at radius 1 is 0.923 bits per heavy atom. The van der Waals surface area contributed by atoms with Crippen molar-refractivity contribution in [2.24, 2.45) is 0 Å². The van der Waals surface area contributed by atoms with Gasteiger partial charge in [-0.2, -0.15) is 0 Å². The average Bonchev–Trinajstić information content (AvgIpc) is 3.09. The molecule has 0 saturated carbocycles. The first-order chi connectivity index (χ1) is 19.0. The lowest BCUT2D eigenvalue weighted by molar-refractivity contribution is -0.115. The van der Waals surface area contributed by atoms with Crippen molar-refractivity contribution in [3.63, 3.8) is 0 Å². The fraction of sp³-hybridized carbons (Fsp3) is 0.200. The molecule has 39 heavy (non-hydrogen) atoms. The maximum Gasteiger partial charge on any atom is 0.255 e. The number of aromatic nitrogens is 2. The lowest BCUT2D eigenvalue weighted by Gasteiger charge is -2.28. The van der Waals surface area contributed by atoms with E-state index in [1.807, 2.05) is 30.3 Å². The van der Waals surface area contributed by atoms with E-state index in [1.165, 1.54) is 24.9 Å². The van der Waals surface area contributed by atoms with Gasteiger partial charge in [0, 0.05) is 58.1 Å². The van der Waals surface area contributed by atoms with Gasteiger partial charge in [-0.05, 0) is 86.0 Å². The molecular weight excluding hydrogens is 512 g/mol. The van der Waals surface area contributed by atoms with Crippen LogP contribution in [0.5, 0.6) is 0 Å². The summed E-state index contributed by atoms with van der Waals surface area (Å²) in [7, 11) is 0. The van der Waals surface area contributed by atoms with Crippen LogP contribution in [0.4, 0.5) is 28.7 Å². The highest BCUT2D eigenvalue weighted by Crippen LogP contribution is 2.35. The van der Waals surface area contributed by atoms with Crippen LogP contribution in [0.2, 0.25) is 5.02 Å². The van der Waals surface area contributed by atoms with Crippen LogP contribution in [0.1, 0.15) is 35.2 Å². The van der Waals surface area contributed by atoms with Gasteiger partial charge in [-0.1, -0.05) is 11.6 Å². The van der Waals surface area contributed by atoms with E-state index in [-0.39, 0.29) is 18.2 Å². The Morgan fingerprint density at radius 2 is 1.67 bits per heavy atom. The largest absolute Gasteiger partial charge is 0.372 e. The van der Waals surface area contributed by atoms with Crippen LogP contribution in [0.25, 0.3) is 11.3 Å². The van der Waals surface area contributed by atoms with Crippen LogP contribution in [0, 0.1) is 0 Å². The molecule has 1 fully saturated rings. The van der Waals surface area contributed by atoms with Gasteiger partial charge in [-0.3, -0.25) is 9.59 Å². The Labute approximate surface area is 231 Å². The predicted molar refractivity (Wildman–Crippen MR) is 155 cm³/mol. The van der Waals surface area contributed by atoms with E-state index in [4.69, 9.17) is 11.6 Å². The Bertz CT molecular complexity index is 1530. The Balaban J connectivity index is 1.14. The number of hydrogen-bond donors (Lipinski definition) is 3. The summed E-state index contributed by atoms with van der Waals surface area (Å²) in [6, 6.07) is 20.5. The Morgan fingerprint density at radius 3 is 2.44 bits per heavy atom. The van der Waals surface area contributed by atoms with Gasteiger partial charge in [0.2, 0.25) is 11.9 Å². The Kier molecular flexibility index (Phi) is 6.85. The molecule has 2 amide bonds. The lowest BCUT2D eigenvalue weighted by Crippen LogP contribution is -2.29. The summed E-state index contributed by atoms with van der Waals surface area (Å²) >= 11 is 6.13. The molecule has 196 valence electrons. The summed E-state index contributed by atoms with van der Waals surface area (Å²) in [5, 5.41) is 9.57. The fourth-order valence-electron chi connectivity index (χ4n) is 4.97. The summed E-state index contributed by atoms with van der Waals surface area (Å²) in [5.41, 5.74) is 6.02. The first-order valence-electron chi connectivity index (χ1n) is 13.0. The average molecular weight is 539 g/mol. The van der Waals surface area contributed by atoms with Gasteiger partial charge in [0.1, 0.15) is 0 Å². The molecule has 6 rings (SSSR count).